The Kier molecular flexibility index (Phi) is 12.0. The van der Waals surface area contributed by atoms with Gasteiger partial charge in [0, 0.05) is 28.3 Å². The minimum absolute atomic E-state index is 0.0383. The number of aliphatic hydroxyl groups excluding tert-OH is 3. The Balaban J connectivity index is 1.27. The number of carboxylic acids is 1. The van der Waals surface area contributed by atoms with Crippen molar-refractivity contribution in [2.75, 3.05) is 5.32 Å². The fraction of sp³-hybridized carbons (Fsp3) is 0.419. The molecule has 4 aromatic rings. The molecule has 8 atom stereocenters. The van der Waals surface area contributed by atoms with E-state index in [-0.39, 0.29) is 41.4 Å². The molecule has 334 valence electrons. The summed E-state index contributed by atoms with van der Waals surface area (Å²) >= 11 is 0. The van der Waals surface area contributed by atoms with Crippen molar-refractivity contribution in [3.8, 4) is 22.9 Å². The summed E-state index contributed by atoms with van der Waals surface area (Å²) in [5.74, 6) is -6.01. The van der Waals surface area contributed by atoms with Crippen LogP contribution in [0.5, 0.6) is 11.5 Å². The third-order valence-electron chi connectivity index (χ3n) is 11.7. The molecule has 3 aliphatic rings. The number of carboxylic acid groups (broad SMARTS) is 1. The molecule has 0 radical (unpaired) electrons. The van der Waals surface area contributed by atoms with Crippen molar-refractivity contribution in [1.82, 2.24) is 14.9 Å². The number of hydrogen-bond donors (Lipinski definition) is 8. The zero-order valence-electron chi connectivity index (χ0n) is 34.8. The van der Waals surface area contributed by atoms with Crippen molar-refractivity contribution in [2.24, 2.45) is 11.7 Å². The summed E-state index contributed by atoms with van der Waals surface area (Å²) in [7, 11) is 0. The molecule has 3 aliphatic heterocycles. The van der Waals surface area contributed by atoms with Crippen LogP contribution in [-0.4, -0.2) is 108 Å². The predicted molar refractivity (Wildman–Crippen MR) is 219 cm³/mol. The topological polar surface area (TPSA) is 308 Å². The number of esters is 2. The molecule has 2 amide bonds. The first-order chi connectivity index (χ1) is 29.8. The number of fused-ring (bicyclic) bond motifs is 5. The minimum atomic E-state index is -2.23. The molecule has 0 unspecified atom stereocenters. The van der Waals surface area contributed by atoms with Crippen LogP contribution in [-0.2, 0) is 58.6 Å². The fourth-order valence-electron chi connectivity index (χ4n) is 7.99. The number of nitrogens with one attached hydrogen (secondary N) is 2. The van der Waals surface area contributed by atoms with E-state index in [4.69, 9.17) is 29.7 Å². The zero-order chi connectivity index (χ0) is 45.8. The maximum atomic E-state index is 14.5. The second kappa shape index (κ2) is 17.0. The predicted octanol–water partition coefficient (Wildman–Crippen LogP) is 0.910. The second-order valence-corrected chi connectivity index (χ2v) is 16.0. The van der Waals surface area contributed by atoms with Gasteiger partial charge in [0.25, 0.3) is 5.56 Å². The molecular weight excluding hydrogens is 826 g/mol. The van der Waals surface area contributed by atoms with Crippen molar-refractivity contribution in [1.29, 1.82) is 0 Å². The van der Waals surface area contributed by atoms with E-state index in [1.807, 2.05) is 6.92 Å². The summed E-state index contributed by atoms with van der Waals surface area (Å²) in [5, 5.41) is 57.3. The number of rotatable bonds is 12. The molecule has 2 aromatic carbocycles. The van der Waals surface area contributed by atoms with Crippen molar-refractivity contribution in [2.45, 2.75) is 109 Å². The number of nitrogens with zero attached hydrogens (tertiary/aromatic N) is 2. The maximum absolute atomic E-state index is 14.5. The smallest absolute Gasteiger partial charge is 0.355 e. The molecule has 7 rings (SSSR count). The Morgan fingerprint density at radius 1 is 0.984 bits per heavy atom. The number of phenols is 1. The van der Waals surface area contributed by atoms with Gasteiger partial charge in [-0.05, 0) is 67.6 Å². The van der Waals surface area contributed by atoms with Gasteiger partial charge in [-0.15, -0.1) is 0 Å². The van der Waals surface area contributed by atoms with Gasteiger partial charge in [0.15, 0.2) is 6.10 Å². The van der Waals surface area contributed by atoms with E-state index in [0.717, 1.165) is 23.3 Å². The highest BCUT2D eigenvalue weighted by atomic mass is 16.7. The standard InChI is InChI=1S/C43H47N5O15/c1-6-21-23-13-20(49)9-11-27(23)47-31-24(21)15-48-28(31)14-26-25(38(48)55)16-60-42(59)43(26,7-2)63-40(58)22-10-8-19(46-36(53)18(5)45-37(54)30(44)17(3)4)12-29(22)61-41-34(52)32(50)33(51)35(62-41)39(56)57/h8-14,17-18,30,32-35,41,49-52H,6-7,15-16,44H2,1-5H3,(H,45,54)(H,46,53)(H,56,57)/t18-,30-,32-,33-,34+,35-,41+,43-/m0/s1. The molecule has 9 N–H and O–H groups in total. The van der Waals surface area contributed by atoms with Gasteiger partial charge in [-0.25, -0.2) is 19.4 Å². The Hall–Kier alpha value is -6.45. The molecule has 20 heteroatoms. The van der Waals surface area contributed by atoms with Gasteiger partial charge in [0.1, 0.15) is 48.0 Å². The second-order valence-electron chi connectivity index (χ2n) is 16.0. The number of amides is 2. The maximum Gasteiger partial charge on any atom is 0.355 e. The summed E-state index contributed by atoms with van der Waals surface area (Å²) in [6, 6.07) is 7.72. The van der Waals surface area contributed by atoms with Gasteiger partial charge in [0.2, 0.25) is 23.7 Å². The van der Waals surface area contributed by atoms with E-state index in [0.29, 0.717) is 28.7 Å². The number of nitrogens with two attached hydrogens (primary N) is 1. The van der Waals surface area contributed by atoms with Crippen LogP contribution in [0, 0.1) is 5.92 Å². The summed E-state index contributed by atoms with van der Waals surface area (Å²) in [4.78, 5) is 85.2. The number of phenolic OH excluding ortho intramolecular Hbond substituents is 1. The summed E-state index contributed by atoms with van der Waals surface area (Å²) in [5.41, 5.74) is 5.67. The molecule has 0 saturated carbocycles. The van der Waals surface area contributed by atoms with Crippen molar-refractivity contribution in [3.63, 3.8) is 0 Å². The lowest BCUT2D eigenvalue weighted by Crippen LogP contribution is -2.61. The number of pyridine rings is 2. The number of ether oxygens (including phenoxy) is 4. The first kappa shape index (κ1) is 44.6. The summed E-state index contributed by atoms with van der Waals surface area (Å²) in [6.45, 7) is 8.02. The average Bonchev–Trinajstić information content (AvgIpc) is 3.61. The number of aliphatic carboxylic acids is 1. The number of aliphatic hydroxyl groups is 3. The lowest BCUT2D eigenvalue weighted by molar-refractivity contribution is -0.271. The lowest BCUT2D eigenvalue weighted by atomic mass is 9.85. The number of aromatic hydroxyl groups is 1. The van der Waals surface area contributed by atoms with Gasteiger partial charge >= 0.3 is 17.9 Å². The van der Waals surface area contributed by atoms with Crippen LogP contribution in [0.1, 0.15) is 73.7 Å². The Morgan fingerprint density at radius 2 is 1.71 bits per heavy atom. The molecule has 1 saturated heterocycles. The normalized spacial score (nSPS) is 23.5. The van der Waals surface area contributed by atoms with Gasteiger partial charge in [0.05, 0.1) is 35.1 Å². The molecule has 0 spiro atoms. The lowest BCUT2D eigenvalue weighted by Gasteiger charge is -2.38. The van der Waals surface area contributed by atoms with E-state index in [9.17, 15) is 54.3 Å². The number of aryl methyl sites for hydroxylation is 1. The van der Waals surface area contributed by atoms with Gasteiger partial charge in [-0.3, -0.25) is 14.4 Å². The number of aromatic nitrogens is 2. The highest BCUT2D eigenvalue weighted by molar-refractivity contribution is 6.00. The molecular formula is C43H47N5O15. The zero-order valence-corrected chi connectivity index (χ0v) is 34.8. The van der Waals surface area contributed by atoms with Gasteiger partial charge in [-0.2, -0.15) is 0 Å². The largest absolute Gasteiger partial charge is 0.508 e. The van der Waals surface area contributed by atoms with E-state index in [1.54, 1.807) is 32.0 Å². The monoisotopic (exact) mass is 873 g/mol. The molecule has 1 fully saturated rings. The van der Waals surface area contributed by atoms with Crippen molar-refractivity contribution in [3.05, 3.63) is 80.6 Å². The highest BCUT2D eigenvalue weighted by Crippen LogP contribution is 2.43. The Morgan fingerprint density at radius 3 is 2.38 bits per heavy atom. The number of cyclic esters (lactones) is 1. The van der Waals surface area contributed by atoms with Crippen LogP contribution in [0.3, 0.4) is 0 Å². The number of carbonyl (C=O) groups is 5. The van der Waals surface area contributed by atoms with Gasteiger partial charge in [-0.1, -0.05) is 27.7 Å². The number of anilines is 1. The molecule has 0 bridgehead atoms. The fourth-order valence-corrected chi connectivity index (χ4v) is 7.99. The van der Waals surface area contributed by atoms with E-state index in [2.05, 4.69) is 10.6 Å². The van der Waals surface area contributed by atoms with Crippen LogP contribution in [0.25, 0.3) is 22.3 Å². The van der Waals surface area contributed by atoms with Gasteiger partial charge < -0.3 is 65.4 Å². The highest BCUT2D eigenvalue weighted by Gasteiger charge is 2.52. The molecule has 5 heterocycles. The molecule has 63 heavy (non-hydrogen) atoms. The van der Waals surface area contributed by atoms with Crippen LogP contribution in [0.15, 0.2) is 47.3 Å². The van der Waals surface area contributed by atoms with Crippen LogP contribution in [0.4, 0.5) is 5.69 Å². The number of benzene rings is 2. The van der Waals surface area contributed by atoms with E-state index >= 15 is 0 Å². The molecule has 2 aromatic heterocycles. The van der Waals surface area contributed by atoms with Crippen LogP contribution < -0.4 is 26.7 Å². The van der Waals surface area contributed by atoms with Crippen LogP contribution >= 0.6 is 0 Å². The van der Waals surface area contributed by atoms with Crippen molar-refractivity contribution >= 4 is 46.3 Å². The third kappa shape index (κ3) is 7.84. The average molecular weight is 874 g/mol. The first-order valence-corrected chi connectivity index (χ1v) is 20.2. The summed E-state index contributed by atoms with van der Waals surface area (Å²) < 4.78 is 24.2. The van der Waals surface area contributed by atoms with Crippen LogP contribution in [0.2, 0.25) is 0 Å². The number of carbonyl (C=O) groups excluding carboxylic acids is 4. The summed E-state index contributed by atoms with van der Waals surface area (Å²) in [6.07, 6.45) is -10.1. The third-order valence-corrected chi connectivity index (χ3v) is 11.7. The van der Waals surface area contributed by atoms with E-state index < -0.39 is 102 Å². The minimum Gasteiger partial charge on any atom is -0.508 e. The first-order valence-electron chi connectivity index (χ1n) is 20.2. The SMILES string of the molecule is CCc1c2c(nc3ccc(O)cc13)-c1cc3c(c(=O)n1C2)COC(=O)[C@@]3(CC)OC(=O)c1ccc(NC(=O)[C@H](C)NC(=O)[C@@H](N)C(C)C)cc1O[C@@H]1O[C@H](C(=O)O)[C@@H](O)[C@H](O)[C@H]1O. The number of hydrogen-bond acceptors (Lipinski definition) is 16. The van der Waals surface area contributed by atoms with E-state index in [1.165, 1.54) is 30.5 Å². The quantitative estimate of drug-likeness (QED) is 0.0808. The van der Waals surface area contributed by atoms with Crippen molar-refractivity contribution < 1.29 is 68.5 Å². The molecule has 0 aliphatic carbocycles. The molecule has 20 nitrogen and oxygen atoms in total. The Labute approximate surface area is 358 Å². The Bertz CT molecular complexity index is 2610.